The molecule has 0 radical (unpaired) electrons. The average molecular weight is 201 g/mol. The van der Waals surface area contributed by atoms with Crippen LogP contribution in [0.4, 0.5) is 0 Å². The Balaban J connectivity index is 2.07. The van der Waals surface area contributed by atoms with Crippen LogP contribution in [0.15, 0.2) is 15.8 Å². The van der Waals surface area contributed by atoms with E-state index in [9.17, 15) is 0 Å². The molecule has 0 spiro atoms. The second-order valence-corrected chi connectivity index (χ2v) is 3.99. The summed E-state index contributed by atoms with van der Waals surface area (Å²) in [6.07, 6.45) is 2.43. The van der Waals surface area contributed by atoms with Crippen LogP contribution in [-0.4, -0.2) is 21.7 Å². The standard InChI is InChI=1S/C5H7N5S2/c6-10-8-2-1-3-11-5-7-4-9-12-5/h4H,1-3H2. The Morgan fingerprint density at radius 3 is 3.33 bits per heavy atom. The van der Waals surface area contributed by atoms with Crippen LogP contribution in [0.5, 0.6) is 0 Å². The first-order valence-electron chi connectivity index (χ1n) is 3.34. The number of azide groups is 1. The minimum atomic E-state index is 0.558. The molecule has 0 unspecified atom stereocenters. The number of nitrogens with zero attached hydrogens (tertiary/aromatic N) is 5. The van der Waals surface area contributed by atoms with E-state index in [1.807, 2.05) is 0 Å². The zero-order valence-electron chi connectivity index (χ0n) is 6.25. The summed E-state index contributed by atoms with van der Waals surface area (Å²) in [5, 5.41) is 3.43. The Labute approximate surface area is 78.0 Å². The SMILES string of the molecule is [N-]=[N+]=NCCCSc1ncns1. The molecule has 64 valence electrons. The van der Waals surface area contributed by atoms with Crippen molar-refractivity contribution in [2.24, 2.45) is 5.11 Å². The molecule has 0 aromatic carbocycles. The number of aromatic nitrogens is 2. The van der Waals surface area contributed by atoms with Gasteiger partial charge < -0.3 is 0 Å². The van der Waals surface area contributed by atoms with Gasteiger partial charge in [-0.1, -0.05) is 16.9 Å². The summed E-state index contributed by atoms with van der Waals surface area (Å²) in [7, 11) is 0. The van der Waals surface area contributed by atoms with E-state index in [-0.39, 0.29) is 0 Å². The number of thioether (sulfide) groups is 1. The topological polar surface area (TPSA) is 74.5 Å². The fourth-order valence-corrected chi connectivity index (χ4v) is 2.00. The van der Waals surface area contributed by atoms with Gasteiger partial charge in [0.2, 0.25) is 0 Å². The van der Waals surface area contributed by atoms with Gasteiger partial charge in [-0.2, -0.15) is 4.37 Å². The maximum Gasteiger partial charge on any atom is 0.169 e. The zero-order chi connectivity index (χ0) is 8.65. The second kappa shape index (κ2) is 5.82. The van der Waals surface area contributed by atoms with E-state index in [0.29, 0.717) is 6.54 Å². The summed E-state index contributed by atoms with van der Waals surface area (Å²) in [6.45, 7) is 0.558. The Kier molecular flexibility index (Phi) is 4.51. The molecule has 1 aromatic rings. The molecule has 0 saturated carbocycles. The first kappa shape index (κ1) is 9.31. The minimum absolute atomic E-state index is 0.558. The van der Waals surface area contributed by atoms with E-state index in [1.54, 1.807) is 18.1 Å². The number of hydrogen-bond donors (Lipinski definition) is 0. The third kappa shape index (κ3) is 3.56. The fourth-order valence-electron chi connectivity index (χ4n) is 0.566. The summed E-state index contributed by atoms with van der Waals surface area (Å²) >= 11 is 3.02. The Morgan fingerprint density at radius 1 is 1.75 bits per heavy atom. The van der Waals surface area contributed by atoms with Crippen LogP contribution in [0, 0.1) is 0 Å². The van der Waals surface area contributed by atoms with Crippen LogP contribution in [0.25, 0.3) is 10.4 Å². The van der Waals surface area contributed by atoms with Gasteiger partial charge in [-0.15, -0.1) is 0 Å². The molecule has 0 aliphatic rings. The van der Waals surface area contributed by atoms with Crippen LogP contribution in [-0.2, 0) is 0 Å². The molecule has 5 nitrogen and oxygen atoms in total. The van der Waals surface area contributed by atoms with Crippen molar-refractivity contribution in [3.05, 3.63) is 16.8 Å². The van der Waals surface area contributed by atoms with Gasteiger partial charge in [0, 0.05) is 17.2 Å². The predicted octanol–water partition coefficient (Wildman–Crippen LogP) is 2.33. The third-order valence-corrected chi connectivity index (χ3v) is 2.92. The molecule has 0 amide bonds. The predicted molar refractivity (Wildman–Crippen MR) is 49.3 cm³/mol. The monoisotopic (exact) mass is 201 g/mol. The highest BCUT2D eigenvalue weighted by Crippen LogP contribution is 2.18. The third-order valence-electron chi connectivity index (χ3n) is 1.03. The normalized spacial score (nSPS) is 9.33. The molecule has 0 aliphatic heterocycles. The van der Waals surface area contributed by atoms with Gasteiger partial charge in [0.05, 0.1) is 0 Å². The van der Waals surface area contributed by atoms with Gasteiger partial charge in [-0.25, -0.2) is 4.98 Å². The molecular formula is C5H7N5S2. The van der Waals surface area contributed by atoms with Crippen LogP contribution >= 0.6 is 23.3 Å². The van der Waals surface area contributed by atoms with E-state index in [0.717, 1.165) is 16.5 Å². The first-order valence-corrected chi connectivity index (χ1v) is 5.09. The van der Waals surface area contributed by atoms with Crippen molar-refractivity contribution in [1.29, 1.82) is 0 Å². The van der Waals surface area contributed by atoms with Gasteiger partial charge in [-0.3, -0.25) is 0 Å². The van der Waals surface area contributed by atoms with Crippen molar-refractivity contribution >= 4 is 23.3 Å². The highest BCUT2D eigenvalue weighted by atomic mass is 32.2. The van der Waals surface area contributed by atoms with Crippen molar-refractivity contribution in [2.75, 3.05) is 12.3 Å². The molecule has 0 atom stereocenters. The molecule has 1 aromatic heterocycles. The largest absolute Gasteiger partial charge is 0.216 e. The summed E-state index contributed by atoms with van der Waals surface area (Å²) in [5.74, 6) is 0.925. The quantitative estimate of drug-likeness (QED) is 0.241. The molecule has 0 saturated heterocycles. The van der Waals surface area contributed by atoms with E-state index >= 15 is 0 Å². The Bertz CT molecular complexity index is 253. The zero-order valence-corrected chi connectivity index (χ0v) is 7.88. The average Bonchev–Trinajstić information content (AvgIpc) is 2.57. The van der Waals surface area contributed by atoms with Crippen molar-refractivity contribution in [1.82, 2.24) is 9.36 Å². The molecule has 0 aliphatic carbocycles. The van der Waals surface area contributed by atoms with Crippen LogP contribution in [0.3, 0.4) is 0 Å². The molecule has 0 bridgehead atoms. The Morgan fingerprint density at radius 2 is 2.67 bits per heavy atom. The van der Waals surface area contributed by atoms with Crippen molar-refractivity contribution in [3.8, 4) is 0 Å². The summed E-state index contributed by atoms with van der Waals surface area (Å²) in [5.41, 5.74) is 7.98. The van der Waals surface area contributed by atoms with Gasteiger partial charge in [0.1, 0.15) is 6.33 Å². The van der Waals surface area contributed by atoms with Crippen molar-refractivity contribution < 1.29 is 0 Å². The minimum Gasteiger partial charge on any atom is -0.216 e. The molecule has 0 N–H and O–H groups in total. The summed E-state index contributed by atoms with van der Waals surface area (Å²) in [6, 6.07) is 0. The molecule has 0 fully saturated rings. The lowest BCUT2D eigenvalue weighted by Crippen LogP contribution is -1.82. The second-order valence-electron chi connectivity index (χ2n) is 1.86. The molecule has 1 heterocycles. The van der Waals surface area contributed by atoms with Crippen molar-refractivity contribution in [3.63, 3.8) is 0 Å². The van der Waals surface area contributed by atoms with E-state index in [2.05, 4.69) is 19.4 Å². The fraction of sp³-hybridized carbons (Fsp3) is 0.600. The molecule has 7 heteroatoms. The lowest BCUT2D eigenvalue weighted by molar-refractivity contribution is 0.931. The van der Waals surface area contributed by atoms with Crippen LogP contribution < -0.4 is 0 Å². The molecule has 1 rings (SSSR count). The maximum absolute atomic E-state index is 7.98. The van der Waals surface area contributed by atoms with Crippen LogP contribution in [0.2, 0.25) is 0 Å². The summed E-state index contributed by atoms with van der Waals surface area (Å²) < 4.78 is 4.83. The number of hydrogen-bond acceptors (Lipinski definition) is 5. The smallest absolute Gasteiger partial charge is 0.169 e. The van der Waals surface area contributed by atoms with Gasteiger partial charge in [0.15, 0.2) is 4.34 Å². The maximum atomic E-state index is 7.98. The first-order chi connectivity index (χ1) is 5.93. The number of rotatable bonds is 5. The van der Waals surface area contributed by atoms with Crippen molar-refractivity contribution in [2.45, 2.75) is 10.8 Å². The summed E-state index contributed by atoms with van der Waals surface area (Å²) in [4.78, 5) is 6.66. The molecule has 12 heavy (non-hydrogen) atoms. The highest BCUT2D eigenvalue weighted by molar-refractivity contribution is 8.00. The van der Waals surface area contributed by atoms with Gasteiger partial charge in [0.25, 0.3) is 0 Å². The highest BCUT2D eigenvalue weighted by Gasteiger charge is 1.95. The lowest BCUT2D eigenvalue weighted by atomic mass is 10.5. The van der Waals surface area contributed by atoms with E-state index in [1.165, 1.54) is 11.5 Å². The lowest BCUT2D eigenvalue weighted by Gasteiger charge is -1.91. The molecular weight excluding hydrogens is 194 g/mol. The van der Waals surface area contributed by atoms with Gasteiger partial charge in [-0.05, 0) is 23.5 Å². The van der Waals surface area contributed by atoms with E-state index < -0.39 is 0 Å². The van der Waals surface area contributed by atoms with E-state index in [4.69, 9.17) is 5.53 Å². The van der Waals surface area contributed by atoms with Crippen LogP contribution in [0.1, 0.15) is 6.42 Å². The van der Waals surface area contributed by atoms with Gasteiger partial charge >= 0.3 is 0 Å². The Hall–Kier alpha value is -0.780.